The molecule has 7 nitrogen and oxygen atoms in total. The van der Waals surface area contributed by atoms with Gasteiger partial charge in [0.2, 0.25) is 0 Å². The first-order valence-corrected chi connectivity index (χ1v) is 10.4. The first-order chi connectivity index (χ1) is 15.8. The second kappa shape index (κ2) is 9.05. The number of benzene rings is 1. The molecule has 1 aliphatic heterocycles. The Bertz CT molecular complexity index is 1130. The van der Waals surface area contributed by atoms with E-state index in [-0.39, 0.29) is 17.5 Å². The van der Waals surface area contributed by atoms with Crippen LogP contribution in [0, 0.1) is 0 Å². The van der Waals surface area contributed by atoms with Gasteiger partial charge in [-0.25, -0.2) is 0 Å². The van der Waals surface area contributed by atoms with Gasteiger partial charge in [-0.1, -0.05) is 12.1 Å². The van der Waals surface area contributed by atoms with Crippen molar-refractivity contribution in [1.82, 2.24) is 20.1 Å². The summed E-state index contributed by atoms with van der Waals surface area (Å²) in [5.41, 5.74) is 6.94. The molecule has 0 unspecified atom stereocenters. The Morgan fingerprint density at radius 3 is 2.36 bits per heavy atom. The summed E-state index contributed by atoms with van der Waals surface area (Å²) in [6.45, 7) is 1.08. The van der Waals surface area contributed by atoms with Gasteiger partial charge in [-0.15, -0.1) is 5.10 Å². The van der Waals surface area contributed by atoms with Crippen LogP contribution in [0.2, 0.25) is 0 Å². The predicted octanol–water partition coefficient (Wildman–Crippen LogP) is 4.17. The van der Waals surface area contributed by atoms with Crippen LogP contribution in [-0.2, 0) is 6.18 Å². The van der Waals surface area contributed by atoms with Gasteiger partial charge in [0.05, 0.1) is 18.4 Å². The average Bonchev–Trinajstić information content (AvgIpc) is 2.83. The molecule has 0 bridgehead atoms. The van der Waals surface area contributed by atoms with Crippen LogP contribution in [0.1, 0.15) is 40.5 Å². The fourth-order valence-electron chi connectivity index (χ4n) is 3.89. The molecule has 0 saturated carbocycles. The molecule has 1 saturated heterocycles. The van der Waals surface area contributed by atoms with Crippen molar-refractivity contribution >= 4 is 11.7 Å². The molecule has 4 rings (SSSR count). The summed E-state index contributed by atoms with van der Waals surface area (Å²) >= 11 is 0. The third-order valence-corrected chi connectivity index (χ3v) is 5.73. The molecule has 33 heavy (non-hydrogen) atoms. The number of amides is 1. The lowest BCUT2D eigenvalue weighted by atomic mass is 9.93. The van der Waals surface area contributed by atoms with E-state index in [2.05, 4.69) is 15.2 Å². The van der Waals surface area contributed by atoms with E-state index >= 15 is 0 Å². The molecule has 0 radical (unpaired) electrons. The van der Waals surface area contributed by atoms with E-state index in [0.29, 0.717) is 35.8 Å². The van der Waals surface area contributed by atoms with Gasteiger partial charge >= 0.3 is 6.18 Å². The zero-order valence-electron chi connectivity index (χ0n) is 17.8. The molecular formula is C23H22F3N5O2. The van der Waals surface area contributed by atoms with E-state index < -0.39 is 11.7 Å². The fourth-order valence-corrected chi connectivity index (χ4v) is 3.89. The maximum Gasteiger partial charge on any atom is 0.416 e. The van der Waals surface area contributed by atoms with Crippen molar-refractivity contribution < 1.29 is 22.7 Å². The van der Waals surface area contributed by atoms with Crippen molar-refractivity contribution in [3.8, 4) is 16.9 Å². The number of nitrogen functional groups attached to an aromatic ring is 1. The van der Waals surface area contributed by atoms with Gasteiger partial charge in [0.25, 0.3) is 5.91 Å². The summed E-state index contributed by atoms with van der Waals surface area (Å²) in [6.07, 6.45) is -1.48. The molecular weight excluding hydrogens is 435 g/mol. The number of piperidine rings is 1. The van der Waals surface area contributed by atoms with Gasteiger partial charge in [-0.3, -0.25) is 9.78 Å². The van der Waals surface area contributed by atoms with Gasteiger partial charge in [-0.2, -0.15) is 18.3 Å². The highest BCUT2D eigenvalue weighted by atomic mass is 19.4. The number of carbonyl (C=O) groups is 1. The quantitative estimate of drug-likeness (QED) is 0.632. The number of methoxy groups -OCH3 is 1. The standard InChI is InChI=1S/C23H22F3N5O2/c1-33-20-12-19(28-13-17(20)14-2-4-16(5-3-14)23(24,25)26)22(32)31-10-8-15(9-11-31)18-6-7-21(27)30-29-18/h2-7,12-13,15H,8-11H2,1H3,(H2,27,30). The van der Waals surface area contributed by atoms with Crippen molar-refractivity contribution in [2.24, 2.45) is 0 Å². The van der Waals surface area contributed by atoms with Crippen molar-refractivity contribution in [1.29, 1.82) is 0 Å². The summed E-state index contributed by atoms with van der Waals surface area (Å²) in [5, 5.41) is 8.03. The topological polar surface area (TPSA) is 94.2 Å². The first-order valence-electron chi connectivity index (χ1n) is 10.4. The van der Waals surface area contributed by atoms with Crippen LogP contribution in [0.15, 0.2) is 48.7 Å². The second-order valence-electron chi connectivity index (χ2n) is 7.79. The average molecular weight is 457 g/mol. The van der Waals surface area contributed by atoms with E-state index in [9.17, 15) is 18.0 Å². The number of hydrogen-bond donors (Lipinski definition) is 1. The number of hydrogen-bond acceptors (Lipinski definition) is 6. The zero-order chi connectivity index (χ0) is 23.6. The first kappa shape index (κ1) is 22.5. The van der Waals surface area contributed by atoms with E-state index in [4.69, 9.17) is 10.5 Å². The number of anilines is 1. The number of aromatic nitrogens is 3. The highest BCUT2D eigenvalue weighted by Crippen LogP contribution is 2.34. The highest BCUT2D eigenvalue weighted by Gasteiger charge is 2.30. The fraction of sp³-hybridized carbons (Fsp3) is 0.304. The number of rotatable bonds is 4. The number of alkyl halides is 3. The lowest BCUT2D eigenvalue weighted by molar-refractivity contribution is -0.137. The molecule has 0 spiro atoms. The lowest BCUT2D eigenvalue weighted by Gasteiger charge is -2.31. The summed E-state index contributed by atoms with van der Waals surface area (Å²) in [7, 11) is 1.44. The Morgan fingerprint density at radius 2 is 1.79 bits per heavy atom. The molecule has 10 heteroatoms. The molecule has 2 aromatic heterocycles. The van der Waals surface area contributed by atoms with Crippen LogP contribution in [-0.4, -0.2) is 46.2 Å². The number of pyridine rings is 1. The summed E-state index contributed by atoms with van der Waals surface area (Å²) < 4.78 is 43.9. The number of nitrogens with zero attached hydrogens (tertiary/aromatic N) is 4. The molecule has 172 valence electrons. The maximum atomic E-state index is 13.0. The van der Waals surface area contributed by atoms with E-state index in [1.54, 1.807) is 11.0 Å². The van der Waals surface area contributed by atoms with Gasteiger partial charge in [0, 0.05) is 36.8 Å². The zero-order valence-corrected chi connectivity index (χ0v) is 17.8. The van der Waals surface area contributed by atoms with Gasteiger partial charge < -0.3 is 15.4 Å². The second-order valence-corrected chi connectivity index (χ2v) is 7.79. The van der Waals surface area contributed by atoms with Crippen molar-refractivity contribution in [2.45, 2.75) is 24.9 Å². The van der Waals surface area contributed by atoms with Crippen LogP contribution in [0.5, 0.6) is 5.75 Å². The molecule has 1 aromatic carbocycles. The lowest BCUT2D eigenvalue weighted by Crippen LogP contribution is -2.38. The molecule has 3 heterocycles. The third-order valence-electron chi connectivity index (χ3n) is 5.73. The van der Waals surface area contributed by atoms with Crippen LogP contribution in [0.3, 0.4) is 0 Å². The minimum Gasteiger partial charge on any atom is -0.496 e. The Kier molecular flexibility index (Phi) is 6.17. The predicted molar refractivity (Wildman–Crippen MR) is 116 cm³/mol. The molecule has 1 aliphatic rings. The summed E-state index contributed by atoms with van der Waals surface area (Å²) in [4.78, 5) is 19.0. The smallest absolute Gasteiger partial charge is 0.416 e. The molecule has 2 N–H and O–H groups in total. The number of likely N-dealkylation sites (tertiary alicyclic amines) is 1. The van der Waals surface area contributed by atoms with Crippen LogP contribution in [0.4, 0.5) is 19.0 Å². The Balaban J connectivity index is 1.47. The Morgan fingerprint density at radius 1 is 1.09 bits per heavy atom. The van der Waals surface area contributed by atoms with Crippen molar-refractivity contribution in [3.05, 3.63) is 65.6 Å². The number of ether oxygens (including phenoxy) is 1. The molecule has 1 amide bonds. The van der Waals surface area contributed by atoms with Crippen LogP contribution >= 0.6 is 0 Å². The Labute approximate surface area is 188 Å². The van der Waals surface area contributed by atoms with Gasteiger partial charge in [0.15, 0.2) is 0 Å². The van der Waals surface area contributed by atoms with Gasteiger partial charge in [0.1, 0.15) is 17.3 Å². The van der Waals surface area contributed by atoms with Crippen LogP contribution in [0.25, 0.3) is 11.1 Å². The molecule has 0 aliphatic carbocycles. The van der Waals surface area contributed by atoms with E-state index in [1.807, 2.05) is 6.07 Å². The number of nitrogens with two attached hydrogens (primary N) is 1. The summed E-state index contributed by atoms with van der Waals surface area (Å²) in [6, 6.07) is 9.81. The third kappa shape index (κ3) is 4.89. The van der Waals surface area contributed by atoms with Gasteiger partial charge in [-0.05, 0) is 42.7 Å². The molecule has 0 atom stereocenters. The summed E-state index contributed by atoms with van der Waals surface area (Å²) in [5.74, 6) is 0.701. The maximum absolute atomic E-state index is 13.0. The van der Waals surface area contributed by atoms with Crippen molar-refractivity contribution in [3.63, 3.8) is 0 Å². The van der Waals surface area contributed by atoms with E-state index in [0.717, 1.165) is 30.7 Å². The molecule has 1 fully saturated rings. The number of halogens is 3. The van der Waals surface area contributed by atoms with Crippen molar-refractivity contribution in [2.75, 3.05) is 25.9 Å². The minimum atomic E-state index is -4.41. The number of carbonyl (C=O) groups excluding carboxylic acids is 1. The van der Waals surface area contributed by atoms with Crippen LogP contribution < -0.4 is 10.5 Å². The highest BCUT2D eigenvalue weighted by molar-refractivity contribution is 5.93. The molecule has 3 aromatic rings. The largest absolute Gasteiger partial charge is 0.496 e. The minimum absolute atomic E-state index is 0.201. The Hall–Kier alpha value is -3.69. The van der Waals surface area contributed by atoms with E-state index in [1.165, 1.54) is 31.5 Å². The SMILES string of the molecule is COc1cc(C(=O)N2CCC(c3ccc(N)nn3)CC2)ncc1-c1ccc(C(F)(F)F)cc1. The monoisotopic (exact) mass is 457 g/mol. The normalized spacial score (nSPS) is 14.8.